The van der Waals surface area contributed by atoms with Crippen molar-refractivity contribution in [1.82, 2.24) is 14.6 Å². The average Bonchev–Trinajstić information content (AvgIpc) is 3.29. The minimum Gasteiger partial charge on any atom is -0.494 e. The zero-order valence-electron chi connectivity index (χ0n) is 20.1. The molecule has 9 nitrogen and oxygen atoms in total. The summed E-state index contributed by atoms with van der Waals surface area (Å²) in [7, 11) is 0. The maximum Gasteiger partial charge on any atom is 0.331 e. The van der Waals surface area contributed by atoms with E-state index >= 15 is 0 Å². The van der Waals surface area contributed by atoms with Crippen LogP contribution in [0.5, 0.6) is 5.88 Å². The second kappa shape index (κ2) is 10.0. The number of rotatable bonds is 7. The van der Waals surface area contributed by atoms with Crippen LogP contribution in [0.15, 0.2) is 69.3 Å². The highest BCUT2D eigenvalue weighted by Crippen LogP contribution is 2.34. The molecule has 0 aliphatic carbocycles. The minimum absolute atomic E-state index is 0.0786. The van der Waals surface area contributed by atoms with Crippen molar-refractivity contribution in [3.63, 3.8) is 0 Å². The molecular formula is C26H29N5O4. The molecule has 35 heavy (non-hydrogen) atoms. The SMILES string of the molecule is CCN(CC)c1ccc([C@H]2CC(c3c(O)n(Cc4ccccc4)c(=O)[nH]c3=O)=NN2C(C)=O)cc1. The standard InChI is InChI=1S/C26H29N5O4/c1-4-29(5-2)20-13-11-19(12-14-20)22-15-21(28-31(22)17(3)32)23-24(33)27-26(35)30(25(23)34)16-18-9-7-6-8-10-18/h6-14,22,34H,4-5,15-16H2,1-3H3,(H,27,33,35)/t22-/m1/s1. The maximum atomic E-state index is 12.7. The number of hydrogen-bond acceptors (Lipinski definition) is 6. The van der Waals surface area contributed by atoms with Gasteiger partial charge in [0, 0.05) is 32.1 Å². The lowest BCUT2D eigenvalue weighted by Gasteiger charge is -2.23. The first-order valence-corrected chi connectivity index (χ1v) is 11.7. The van der Waals surface area contributed by atoms with Gasteiger partial charge in [-0.2, -0.15) is 5.10 Å². The molecule has 0 saturated heterocycles. The first-order chi connectivity index (χ1) is 16.8. The Morgan fingerprint density at radius 2 is 1.74 bits per heavy atom. The Labute approximate surface area is 203 Å². The molecule has 182 valence electrons. The van der Waals surface area contributed by atoms with Crippen molar-refractivity contribution in [3.05, 3.63) is 92.1 Å². The summed E-state index contributed by atoms with van der Waals surface area (Å²) in [6.45, 7) is 7.43. The second-order valence-electron chi connectivity index (χ2n) is 8.42. The highest BCUT2D eigenvalue weighted by molar-refractivity contribution is 6.04. The Bertz CT molecular complexity index is 1360. The predicted molar refractivity (Wildman–Crippen MR) is 135 cm³/mol. The third-order valence-electron chi connectivity index (χ3n) is 6.28. The molecule has 0 radical (unpaired) electrons. The molecule has 0 spiro atoms. The van der Waals surface area contributed by atoms with Crippen LogP contribution in [0.2, 0.25) is 0 Å². The largest absolute Gasteiger partial charge is 0.494 e. The van der Waals surface area contributed by atoms with Crippen LogP contribution >= 0.6 is 0 Å². The summed E-state index contributed by atoms with van der Waals surface area (Å²) in [6.07, 6.45) is 0.227. The van der Waals surface area contributed by atoms with Gasteiger partial charge >= 0.3 is 5.69 Å². The Hall–Kier alpha value is -4.14. The summed E-state index contributed by atoms with van der Waals surface area (Å²) in [5.41, 5.74) is 1.42. The van der Waals surface area contributed by atoms with Crippen LogP contribution in [0.3, 0.4) is 0 Å². The van der Waals surface area contributed by atoms with E-state index in [1.54, 1.807) is 0 Å². The highest BCUT2D eigenvalue weighted by Gasteiger charge is 2.34. The molecule has 2 heterocycles. The van der Waals surface area contributed by atoms with Crippen LogP contribution in [0.25, 0.3) is 0 Å². The normalized spacial score (nSPS) is 15.2. The van der Waals surface area contributed by atoms with Gasteiger partial charge in [-0.05, 0) is 37.1 Å². The van der Waals surface area contributed by atoms with Gasteiger partial charge < -0.3 is 10.0 Å². The lowest BCUT2D eigenvalue weighted by atomic mass is 9.98. The van der Waals surface area contributed by atoms with Crippen LogP contribution in [-0.2, 0) is 11.3 Å². The van der Waals surface area contributed by atoms with Gasteiger partial charge in [-0.3, -0.25) is 19.1 Å². The molecule has 1 amide bonds. The molecule has 4 rings (SSSR count). The smallest absolute Gasteiger partial charge is 0.331 e. The second-order valence-corrected chi connectivity index (χ2v) is 8.42. The lowest BCUT2D eigenvalue weighted by Crippen LogP contribution is -2.34. The molecular weight excluding hydrogens is 446 g/mol. The van der Waals surface area contributed by atoms with E-state index in [2.05, 4.69) is 28.8 Å². The number of hydrogen-bond donors (Lipinski definition) is 2. The van der Waals surface area contributed by atoms with E-state index in [4.69, 9.17) is 0 Å². The van der Waals surface area contributed by atoms with Crippen LogP contribution in [0, 0.1) is 0 Å². The first-order valence-electron chi connectivity index (χ1n) is 11.7. The van der Waals surface area contributed by atoms with Crippen molar-refractivity contribution >= 4 is 17.3 Å². The van der Waals surface area contributed by atoms with Gasteiger partial charge in [-0.15, -0.1) is 0 Å². The number of benzene rings is 2. The number of carbonyl (C=O) groups is 1. The van der Waals surface area contributed by atoms with E-state index in [0.29, 0.717) is 0 Å². The fourth-order valence-electron chi connectivity index (χ4n) is 4.44. The van der Waals surface area contributed by atoms with Crippen molar-refractivity contribution in [1.29, 1.82) is 0 Å². The molecule has 3 aromatic rings. The molecule has 1 aromatic heterocycles. The van der Waals surface area contributed by atoms with E-state index < -0.39 is 23.2 Å². The number of nitrogens with one attached hydrogen (secondary N) is 1. The van der Waals surface area contributed by atoms with E-state index in [9.17, 15) is 19.5 Å². The first kappa shape index (κ1) is 24.0. The number of aromatic nitrogens is 2. The van der Waals surface area contributed by atoms with Crippen molar-refractivity contribution in [2.75, 3.05) is 18.0 Å². The molecule has 1 aliphatic rings. The van der Waals surface area contributed by atoms with E-state index in [0.717, 1.165) is 34.5 Å². The Morgan fingerprint density at radius 3 is 2.34 bits per heavy atom. The van der Waals surface area contributed by atoms with E-state index in [-0.39, 0.29) is 30.1 Å². The molecule has 2 aromatic carbocycles. The molecule has 1 aliphatic heterocycles. The summed E-state index contributed by atoms with van der Waals surface area (Å²) in [5.74, 6) is -0.756. The third kappa shape index (κ3) is 4.75. The van der Waals surface area contributed by atoms with Gasteiger partial charge in [-0.25, -0.2) is 9.80 Å². The molecule has 0 bridgehead atoms. The third-order valence-corrected chi connectivity index (χ3v) is 6.28. The van der Waals surface area contributed by atoms with Crippen molar-refractivity contribution in [2.45, 2.75) is 39.8 Å². The molecule has 1 atom stereocenters. The highest BCUT2D eigenvalue weighted by atomic mass is 16.3. The number of amides is 1. The topological polar surface area (TPSA) is 111 Å². The van der Waals surface area contributed by atoms with Crippen LogP contribution in [0.1, 0.15) is 49.9 Å². The van der Waals surface area contributed by atoms with Gasteiger partial charge in [0.25, 0.3) is 5.56 Å². The number of hydrazone groups is 1. The van der Waals surface area contributed by atoms with Crippen molar-refractivity contribution in [3.8, 4) is 5.88 Å². The molecule has 9 heteroatoms. The molecule has 0 saturated carbocycles. The average molecular weight is 476 g/mol. The Kier molecular flexibility index (Phi) is 6.86. The summed E-state index contributed by atoms with van der Waals surface area (Å²) in [4.78, 5) is 42.1. The van der Waals surface area contributed by atoms with Gasteiger partial charge in [0.05, 0.1) is 18.3 Å². The van der Waals surface area contributed by atoms with Crippen molar-refractivity contribution < 1.29 is 9.90 Å². The molecule has 0 fully saturated rings. The number of carbonyl (C=O) groups excluding carboxylic acids is 1. The van der Waals surface area contributed by atoms with Gasteiger partial charge in [0.2, 0.25) is 11.8 Å². The monoisotopic (exact) mass is 475 g/mol. The van der Waals surface area contributed by atoms with Crippen LogP contribution in [0.4, 0.5) is 5.69 Å². The van der Waals surface area contributed by atoms with E-state index in [1.165, 1.54) is 11.9 Å². The Morgan fingerprint density at radius 1 is 1.09 bits per heavy atom. The summed E-state index contributed by atoms with van der Waals surface area (Å²) in [5, 5.41) is 16.7. The maximum absolute atomic E-state index is 12.7. The minimum atomic E-state index is -0.739. The Balaban J connectivity index is 1.70. The van der Waals surface area contributed by atoms with Crippen LogP contribution in [-0.4, -0.2) is 44.4 Å². The molecule has 0 unspecified atom stereocenters. The zero-order chi connectivity index (χ0) is 25.1. The number of H-pyrrole nitrogens is 1. The van der Waals surface area contributed by atoms with Gasteiger partial charge in [0.15, 0.2) is 0 Å². The predicted octanol–water partition coefficient (Wildman–Crippen LogP) is 2.83. The number of nitrogens with zero attached hydrogens (tertiary/aromatic N) is 4. The lowest BCUT2D eigenvalue weighted by molar-refractivity contribution is -0.130. The van der Waals surface area contributed by atoms with Crippen molar-refractivity contribution in [2.24, 2.45) is 5.10 Å². The summed E-state index contributed by atoms with van der Waals surface area (Å²) >= 11 is 0. The van der Waals surface area contributed by atoms with Gasteiger partial charge in [0.1, 0.15) is 5.56 Å². The zero-order valence-corrected chi connectivity index (χ0v) is 20.1. The fraction of sp³-hybridized carbons (Fsp3) is 0.308. The van der Waals surface area contributed by atoms with E-state index in [1.807, 2.05) is 54.6 Å². The van der Waals surface area contributed by atoms with Crippen LogP contribution < -0.4 is 16.1 Å². The molecule has 2 N–H and O–H groups in total. The number of aromatic hydroxyl groups is 1. The van der Waals surface area contributed by atoms with Gasteiger partial charge in [-0.1, -0.05) is 42.5 Å². The fourth-order valence-corrected chi connectivity index (χ4v) is 4.44. The quantitative estimate of drug-likeness (QED) is 0.546. The summed E-state index contributed by atoms with van der Waals surface area (Å²) < 4.78 is 1.10. The summed E-state index contributed by atoms with van der Waals surface area (Å²) in [6, 6.07) is 16.6. The number of anilines is 1. The number of aromatic amines is 1.